The Balaban J connectivity index is 2.03. The van der Waals surface area contributed by atoms with Crippen LogP contribution in [-0.2, 0) is 14.8 Å². The molecule has 0 spiro atoms. The summed E-state index contributed by atoms with van der Waals surface area (Å²) >= 11 is 0. The normalized spacial score (nSPS) is 10.8. The Kier molecular flexibility index (Phi) is 5.11. The Labute approximate surface area is 134 Å². The van der Waals surface area contributed by atoms with Crippen molar-refractivity contribution in [1.29, 1.82) is 5.26 Å². The summed E-state index contributed by atoms with van der Waals surface area (Å²) < 4.78 is 26.5. The van der Waals surface area contributed by atoms with Crippen molar-refractivity contribution in [3.05, 3.63) is 59.7 Å². The van der Waals surface area contributed by atoms with E-state index in [2.05, 4.69) is 10.0 Å². The molecule has 0 fully saturated rings. The van der Waals surface area contributed by atoms with Gasteiger partial charge in [-0.2, -0.15) is 5.26 Å². The molecule has 0 unspecified atom stereocenters. The van der Waals surface area contributed by atoms with Crippen LogP contribution in [0.3, 0.4) is 0 Å². The highest BCUT2D eigenvalue weighted by Gasteiger charge is 2.16. The molecule has 2 aromatic rings. The number of benzene rings is 2. The highest BCUT2D eigenvalue weighted by molar-refractivity contribution is 7.89. The lowest BCUT2D eigenvalue weighted by Crippen LogP contribution is -2.33. The van der Waals surface area contributed by atoms with Crippen molar-refractivity contribution >= 4 is 21.6 Å². The van der Waals surface area contributed by atoms with E-state index in [-0.39, 0.29) is 4.90 Å². The third kappa shape index (κ3) is 4.39. The minimum Gasteiger partial charge on any atom is -0.324 e. The molecule has 118 valence electrons. The zero-order valence-corrected chi connectivity index (χ0v) is 13.2. The number of hydrogen-bond donors (Lipinski definition) is 2. The van der Waals surface area contributed by atoms with E-state index in [1.807, 2.05) is 6.07 Å². The molecule has 2 rings (SSSR count). The second-order valence-electron chi connectivity index (χ2n) is 4.85. The van der Waals surface area contributed by atoms with Gasteiger partial charge in [0.15, 0.2) is 0 Å². The maximum absolute atomic E-state index is 12.1. The van der Waals surface area contributed by atoms with Gasteiger partial charge in [0.2, 0.25) is 15.9 Å². The van der Waals surface area contributed by atoms with E-state index < -0.39 is 22.5 Å². The highest BCUT2D eigenvalue weighted by Crippen LogP contribution is 2.13. The maximum atomic E-state index is 12.1. The number of nitrogens with zero attached hydrogens (tertiary/aromatic N) is 1. The molecule has 0 aliphatic rings. The molecule has 0 saturated carbocycles. The average Bonchev–Trinajstić information content (AvgIpc) is 2.53. The van der Waals surface area contributed by atoms with Gasteiger partial charge in [0.25, 0.3) is 0 Å². The van der Waals surface area contributed by atoms with Crippen molar-refractivity contribution in [2.75, 3.05) is 11.9 Å². The van der Waals surface area contributed by atoms with Crippen molar-refractivity contribution < 1.29 is 13.2 Å². The number of rotatable bonds is 5. The molecule has 0 bridgehead atoms. The number of amides is 1. The van der Waals surface area contributed by atoms with Crippen molar-refractivity contribution in [2.45, 2.75) is 11.8 Å². The van der Waals surface area contributed by atoms with Gasteiger partial charge in [-0.3, -0.25) is 4.79 Å². The average molecular weight is 329 g/mol. The summed E-state index contributed by atoms with van der Waals surface area (Å²) in [6.07, 6.45) is 0. The number of carbonyl (C=O) groups is 1. The standard InChI is InChI=1S/C16H15N3O3S/c1-12-5-4-7-14(9-12)23(21,22)18-11-16(20)19-15-8-3-2-6-13(15)10-17/h2-9,18H,11H2,1H3,(H,19,20). The van der Waals surface area contributed by atoms with Gasteiger partial charge in [0.1, 0.15) is 6.07 Å². The summed E-state index contributed by atoms with van der Waals surface area (Å²) in [5.74, 6) is -0.552. The fourth-order valence-corrected chi connectivity index (χ4v) is 3.00. The molecule has 0 aromatic heterocycles. The Morgan fingerprint density at radius 3 is 2.61 bits per heavy atom. The van der Waals surface area contributed by atoms with E-state index in [1.165, 1.54) is 12.1 Å². The summed E-state index contributed by atoms with van der Waals surface area (Å²) in [5, 5.41) is 11.5. The Morgan fingerprint density at radius 1 is 1.17 bits per heavy atom. The van der Waals surface area contributed by atoms with Crippen LogP contribution >= 0.6 is 0 Å². The fraction of sp³-hybridized carbons (Fsp3) is 0.125. The molecule has 6 nitrogen and oxygen atoms in total. The zero-order valence-electron chi connectivity index (χ0n) is 12.4. The van der Waals surface area contributed by atoms with E-state index in [1.54, 1.807) is 43.3 Å². The summed E-state index contributed by atoms with van der Waals surface area (Å²) in [6, 6.07) is 14.8. The molecule has 0 atom stereocenters. The van der Waals surface area contributed by atoms with Crippen LogP contribution in [0.4, 0.5) is 5.69 Å². The number of anilines is 1. The van der Waals surface area contributed by atoms with Crippen molar-refractivity contribution in [2.24, 2.45) is 0 Å². The van der Waals surface area contributed by atoms with E-state index >= 15 is 0 Å². The highest BCUT2D eigenvalue weighted by atomic mass is 32.2. The van der Waals surface area contributed by atoms with Crippen LogP contribution in [0.5, 0.6) is 0 Å². The number of aryl methyl sites for hydroxylation is 1. The second-order valence-corrected chi connectivity index (χ2v) is 6.61. The van der Waals surface area contributed by atoms with Gasteiger partial charge in [-0.25, -0.2) is 13.1 Å². The van der Waals surface area contributed by atoms with Crippen molar-refractivity contribution in [3.8, 4) is 6.07 Å². The van der Waals surface area contributed by atoms with Gasteiger partial charge in [-0.05, 0) is 36.8 Å². The molecular weight excluding hydrogens is 314 g/mol. The first kappa shape index (κ1) is 16.7. The minimum atomic E-state index is -3.76. The van der Waals surface area contributed by atoms with Gasteiger partial charge in [-0.1, -0.05) is 24.3 Å². The summed E-state index contributed by atoms with van der Waals surface area (Å²) in [4.78, 5) is 12.0. The Morgan fingerprint density at radius 2 is 1.91 bits per heavy atom. The number of hydrogen-bond acceptors (Lipinski definition) is 4. The number of para-hydroxylation sites is 1. The lowest BCUT2D eigenvalue weighted by Gasteiger charge is -2.09. The summed E-state index contributed by atoms with van der Waals surface area (Å²) in [7, 11) is -3.76. The van der Waals surface area contributed by atoms with Gasteiger partial charge in [0.05, 0.1) is 22.7 Å². The predicted octanol–water partition coefficient (Wildman–Crippen LogP) is 1.78. The van der Waals surface area contributed by atoms with Crippen LogP contribution in [0.15, 0.2) is 53.4 Å². The first-order valence-electron chi connectivity index (χ1n) is 6.78. The quantitative estimate of drug-likeness (QED) is 0.873. The molecule has 7 heteroatoms. The van der Waals surface area contributed by atoms with Crippen LogP contribution in [0.25, 0.3) is 0 Å². The van der Waals surface area contributed by atoms with Gasteiger partial charge < -0.3 is 5.32 Å². The SMILES string of the molecule is Cc1cccc(S(=O)(=O)NCC(=O)Nc2ccccc2C#N)c1. The topological polar surface area (TPSA) is 99.1 Å². The molecule has 1 amide bonds. The van der Waals surface area contributed by atoms with Gasteiger partial charge >= 0.3 is 0 Å². The Bertz CT molecular complexity index is 870. The lowest BCUT2D eigenvalue weighted by molar-refractivity contribution is -0.115. The molecule has 0 heterocycles. The lowest BCUT2D eigenvalue weighted by atomic mass is 10.2. The smallest absolute Gasteiger partial charge is 0.241 e. The zero-order chi connectivity index (χ0) is 16.9. The molecule has 0 aliphatic carbocycles. The molecule has 0 saturated heterocycles. The van der Waals surface area contributed by atoms with E-state index in [0.29, 0.717) is 11.3 Å². The van der Waals surface area contributed by atoms with Crippen LogP contribution in [0.1, 0.15) is 11.1 Å². The monoisotopic (exact) mass is 329 g/mol. The third-order valence-corrected chi connectivity index (χ3v) is 4.44. The predicted molar refractivity (Wildman–Crippen MR) is 86.2 cm³/mol. The molecule has 0 aliphatic heterocycles. The summed E-state index contributed by atoms with van der Waals surface area (Å²) in [5.41, 5.74) is 1.46. The van der Waals surface area contributed by atoms with Crippen LogP contribution in [-0.4, -0.2) is 20.9 Å². The van der Waals surface area contributed by atoms with Crippen molar-refractivity contribution in [3.63, 3.8) is 0 Å². The van der Waals surface area contributed by atoms with Crippen LogP contribution in [0.2, 0.25) is 0 Å². The number of carbonyl (C=O) groups excluding carboxylic acids is 1. The van der Waals surface area contributed by atoms with E-state index in [0.717, 1.165) is 5.56 Å². The molecular formula is C16H15N3O3S. The summed E-state index contributed by atoms with van der Waals surface area (Å²) in [6.45, 7) is 1.36. The number of nitriles is 1. The minimum absolute atomic E-state index is 0.0997. The van der Waals surface area contributed by atoms with Crippen molar-refractivity contribution in [1.82, 2.24) is 4.72 Å². The molecule has 0 radical (unpaired) electrons. The molecule has 2 N–H and O–H groups in total. The van der Waals surface area contributed by atoms with Crippen LogP contribution < -0.4 is 10.0 Å². The second kappa shape index (κ2) is 7.05. The number of nitrogens with one attached hydrogen (secondary N) is 2. The molecule has 2 aromatic carbocycles. The molecule has 23 heavy (non-hydrogen) atoms. The maximum Gasteiger partial charge on any atom is 0.241 e. The number of sulfonamides is 1. The van der Waals surface area contributed by atoms with Crippen LogP contribution in [0, 0.1) is 18.3 Å². The van der Waals surface area contributed by atoms with E-state index in [9.17, 15) is 13.2 Å². The van der Waals surface area contributed by atoms with Gasteiger partial charge in [-0.15, -0.1) is 0 Å². The first-order valence-corrected chi connectivity index (χ1v) is 8.26. The van der Waals surface area contributed by atoms with E-state index in [4.69, 9.17) is 5.26 Å². The third-order valence-electron chi connectivity index (χ3n) is 3.04. The largest absolute Gasteiger partial charge is 0.324 e. The first-order chi connectivity index (χ1) is 10.9. The Hall–Kier alpha value is -2.69. The van der Waals surface area contributed by atoms with Gasteiger partial charge in [0, 0.05) is 0 Å². The fourth-order valence-electron chi connectivity index (χ4n) is 1.91.